The second-order valence-corrected chi connectivity index (χ2v) is 6.44. The van der Waals surface area contributed by atoms with Crippen LogP contribution in [0.1, 0.15) is 25.8 Å². The highest BCUT2D eigenvalue weighted by Crippen LogP contribution is 2.15. The van der Waals surface area contributed by atoms with Crippen LogP contribution in [0.2, 0.25) is 0 Å². The van der Waals surface area contributed by atoms with Crippen molar-refractivity contribution in [1.82, 2.24) is 15.2 Å². The van der Waals surface area contributed by atoms with Gasteiger partial charge in [-0.05, 0) is 30.7 Å². The molecule has 24 heavy (non-hydrogen) atoms. The Kier molecular flexibility index (Phi) is 8.45. The molecule has 1 saturated heterocycles. The highest BCUT2D eigenvalue weighted by atomic mass is 35.5. The summed E-state index contributed by atoms with van der Waals surface area (Å²) in [5.41, 5.74) is 7.01. The third-order valence-corrected chi connectivity index (χ3v) is 4.66. The van der Waals surface area contributed by atoms with Crippen LogP contribution in [0, 0.1) is 5.92 Å². The molecule has 3 N–H and O–H groups in total. The average Bonchev–Trinajstić information content (AvgIpc) is 2.59. The number of nitrogens with zero attached hydrogens (tertiary/aromatic N) is 3. The van der Waals surface area contributed by atoms with Gasteiger partial charge in [0.15, 0.2) is 0 Å². The van der Waals surface area contributed by atoms with E-state index in [4.69, 9.17) is 5.73 Å². The molecule has 1 fully saturated rings. The minimum absolute atomic E-state index is 0. The van der Waals surface area contributed by atoms with Crippen LogP contribution in [-0.2, 0) is 11.3 Å². The van der Waals surface area contributed by atoms with Crippen LogP contribution in [0.5, 0.6) is 0 Å². The number of halogens is 1. The first kappa shape index (κ1) is 20.7. The van der Waals surface area contributed by atoms with Gasteiger partial charge in [0.05, 0.1) is 6.04 Å². The number of nitrogens with one attached hydrogen (secondary N) is 1. The van der Waals surface area contributed by atoms with Gasteiger partial charge < -0.3 is 20.9 Å². The van der Waals surface area contributed by atoms with Gasteiger partial charge >= 0.3 is 0 Å². The first-order valence-corrected chi connectivity index (χ1v) is 8.43. The number of pyridine rings is 1. The van der Waals surface area contributed by atoms with Gasteiger partial charge in [0.2, 0.25) is 5.91 Å². The first-order chi connectivity index (χ1) is 11.0. The average molecular weight is 356 g/mol. The standard InChI is InChI=1S/C17H29N5O.ClH/c1-4-13(2)16(18)17(23)20-12-14-5-6-19-15(11-14)22-9-7-21(3)8-10-22;/h5-6,11,13,16H,4,7-10,12,18H2,1-3H3,(H,20,23);1H. The summed E-state index contributed by atoms with van der Waals surface area (Å²) >= 11 is 0. The van der Waals surface area contributed by atoms with Crippen molar-refractivity contribution in [3.8, 4) is 0 Å². The fraction of sp³-hybridized carbons (Fsp3) is 0.647. The Morgan fingerprint density at radius 1 is 1.38 bits per heavy atom. The zero-order chi connectivity index (χ0) is 16.8. The molecule has 1 aliphatic rings. The molecule has 1 amide bonds. The largest absolute Gasteiger partial charge is 0.354 e. The van der Waals surface area contributed by atoms with Crippen molar-refractivity contribution >= 4 is 24.1 Å². The molecular formula is C17H30ClN5O. The summed E-state index contributed by atoms with van der Waals surface area (Å²) in [6.07, 6.45) is 2.71. The molecule has 6 nitrogen and oxygen atoms in total. The van der Waals surface area contributed by atoms with Crippen LogP contribution in [0.3, 0.4) is 0 Å². The van der Waals surface area contributed by atoms with Crippen molar-refractivity contribution in [2.45, 2.75) is 32.9 Å². The molecule has 0 aromatic carbocycles. The molecule has 136 valence electrons. The van der Waals surface area contributed by atoms with E-state index in [0.29, 0.717) is 6.54 Å². The Balaban J connectivity index is 0.00000288. The minimum Gasteiger partial charge on any atom is -0.354 e. The van der Waals surface area contributed by atoms with E-state index >= 15 is 0 Å². The normalized spacial score (nSPS) is 17.8. The number of hydrogen-bond donors (Lipinski definition) is 2. The number of carbonyl (C=O) groups excluding carboxylic acids is 1. The van der Waals surface area contributed by atoms with Gasteiger partial charge in [0.1, 0.15) is 5.82 Å². The molecule has 2 heterocycles. The number of likely N-dealkylation sites (N-methyl/N-ethyl adjacent to an activating group) is 1. The predicted molar refractivity (Wildman–Crippen MR) is 100 cm³/mol. The number of piperazine rings is 1. The highest BCUT2D eigenvalue weighted by molar-refractivity contribution is 5.85. The molecule has 7 heteroatoms. The zero-order valence-corrected chi connectivity index (χ0v) is 15.7. The van der Waals surface area contributed by atoms with Crippen LogP contribution in [0.15, 0.2) is 18.3 Å². The molecule has 1 aromatic rings. The molecule has 0 aliphatic carbocycles. The SMILES string of the molecule is CCC(C)C(N)C(=O)NCc1ccnc(N2CCN(C)CC2)c1.Cl. The van der Waals surface area contributed by atoms with E-state index in [0.717, 1.165) is 44.0 Å². The summed E-state index contributed by atoms with van der Waals surface area (Å²) in [5.74, 6) is 1.08. The lowest BCUT2D eigenvalue weighted by atomic mass is 9.99. The van der Waals surface area contributed by atoms with Crippen LogP contribution < -0.4 is 16.0 Å². The highest BCUT2D eigenvalue weighted by Gasteiger charge is 2.19. The molecule has 1 aliphatic heterocycles. The monoisotopic (exact) mass is 355 g/mol. The van der Waals surface area contributed by atoms with Crippen LogP contribution >= 0.6 is 12.4 Å². The number of aromatic nitrogens is 1. The van der Waals surface area contributed by atoms with Crippen molar-refractivity contribution in [1.29, 1.82) is 0 Å². The van der Waals surface area contributed by atoms with Gasteiger partial charge in [-0.2, -0.15) is 0 Å². The van der Waals surface area contributed by atoms with Gasteiger partial charge in [0, 0.05) is 38.9 Å². The third-order valence-electron chi connectivity index (χ3n) is 4.66. The number of hydrogen-bond acceptors (Lipinski definition) is 5. The maximum absolute atomic E-state index is 12.1. The van der Waals surface area contributed by atoms with Crippen LogP contribution in [0.25, 0.3) is 0 Å². The molecule has 0 saturated carbocycles. The predicted octanol–water partition coefficient (Wildman–Crippen LogP) is 1.24. The summed E-state index contributed by atoms with van der Waals surface area (Å²) in [6, 6.07) is 3.55. The lowest BCUT2D eigenvalue weighted by molar-refractivity contribution is -0.123. The Labute approximate surface area is 151 Å². The van der Waals surface area contributed by atoms with E-state index in [9.17, 15) is 4.79 Å². The number of carbonyl (C=O) groups is 1. The molecule has 2 unspecified atom stereocenters. The van der Waals surface area contributed by atoms with Crippen molar-refractivity contribution in [2.24, 2.45) is 11.7 Å². The number of rotatable bonds is 6. The molecule has 2 atom stereocenters. The van der Waals surface area contributed by atoms with Crippen LogP contribution in [-0.4, -0.2) is 55.1 Å². The lowest BCUT2D eigenvalue weighted by Crippen LogP contribution is -2.45. The van der Waals surface area contributed by atoms with Gasteiger partial charge in [-0.25, -0.2) is 4.98 Å². The topological polar surface area (TPSA) is 74.5 Å². The number of anilines is 1. The fourth-order valence-corrected chi connectivity index (χ4v) is 2.60. The molecule has 0 bridgehead atoms. The number of nitrogens with two attached hydrogens (primary N) is 1. The van der Waals surface area contributed by atoms with Crippen molar-refractivity contribution in [3.05, 3.63) is 23.9 Å². The molecule has 0 radical (unpaired) electrons. The minimum atomic E-state index is -0.445. The maximum Gasteiger partial charge on any atom is 0.237 e. The summed E-state index contributed by atoms with van der Waals surface area (Å²) in [5, 5.41) is 2.93. The van der Waals surface area contributed by atoms with Gasteiger partial charge in [-0.15, -0.1) is 12.4 Å². The Bertz CT molecular complexity index is 519. The summed E-state index contributed by atoms with van der Waals surface area (Å²) in [4.78, 5) is 21.1. The lowest BCUT2D eigenvalue weighted by Gasteiger charge is -2.33. The van der Waals surface area contributed by atoms with E-state index in [1.165, 1.54) is 0 Å². The molecule has 2 rings (SSSR count). The van der Waals surface area contributed by atoms with E-state index in [-0.39, 0.29) is 24.2 Å². The summed E-state index contributed by atoms with van der Waals surface area (Å²) in [6.45, 7) is 8.60. The van der Waals surface area contributed by atoms with Gasteiger partial charge in [0.25, 0.3) is 0 Å². The fourth-order valence-electron chi connectivity index (χ4n) is 2.60. The Morgan fingerprint density at radius 2 is 2.04 bits per heavy atom. The second-order valence-electron chi connectivity index (χ2n) is 6.44. The first-order valence-electron chi connectivity index (χ1n) is 8.43. The Hall–Kier alpha value is -1.37. The molecule has 1 aromatic heterocycles. The zero-order valence-electron chi connectivity index (χ0n) is 14.9. The van der Waals surface area contributed by atoms with Crippen molar-refractivity contribution in [3.63, 3.8) is 0 Å². The van der Waals surface area contributed by atoms with E-state index in [1.807, 2.05) is 26.1 Å². The molecular weight excluding hydrogens is 326 g/mol. The van der Waals surface area contributed by atoms with E-state index in [1.54, 1.807) is 0 Å². The smallest absolute Gasteiger partial charge is 0.237 e. The molecule has 0 spiro atoms. The quantitative estimate of drug-likeness (QED) is 0.803. The van der Waals surface area contributed by atoms with Crippen molar-refractivity contribution < 1.29 is 4.79 Å². The van der Waals surface area contributed by atoms with E-state index in [2.05, 4.69) is 33.2 Å². The van der Waals surface area contributed by atoms with Gasteiger partial charge in [-0.1, -0.05) is 20.3 Å². The maximum atomic E-state index is 12.1. The van der Waals surface area contributed by atoms with Gasteiger partial charge in [-0.3, -0.25) is 4.79 Å². The van der Waals surface area contributed by atoms with Crippen LogP contribution in [0.4, 0.5) is 5.82 Å². The summed E-state index contributed by atoms with van der Waals surface area (Å²) in [7, 11) is 2.14. The number of amides is 1. The third kappa shape index (κ3) is 5.61. The van der Waals surface area contributed by atoms with Crippen molar-refractivity contribution in [2.75, 3.05) is 38.1 Å². The second kappa shape index (κ2) is 9.81. The Morgan fingerprint density at radius 3 is 2.67 bits per heavy atom. The van der Waals surface area contributed by atoms with E-state index < -0.39 is 6.04 Å². The summed E-state index contributed by atoms with van der Waals surface area (Å²) < 4.78 is 0.